The van der Waals surface area contributed by atoms with Gasteiger partial charge in [-0.15, -0.1) is 0 Å². The molecule has 0 fully saturated rings. The molecule has 0 aromatic carbocycles. The smallest absolute Gasteiger partial charge is 0.0755 e. The molecule has 11 heavy (non-hydrogen) atoms. The van der Waals surface area contributed by atoms with E-state index in [0.717, 1.165) is 16.8 Å². The van der Waals surface area contributed by atoms with Gasteiger partial charge >= 0.3 is 0 Å². The molecule has 4 heteroatoms. The van der Waals surface area contributed by atoms with Gasteiger partial charge in [-0.3, -0.25) is 0 Å². The molecule has 3 N–H and O–H groups in total. The monoisotopic (exact) mass is 175 g/mol. The molecule has 0 amide bonds. The Morgan fingerprint density at radius 3 is 2.00 bits per heavy atom. The highest BCUT2D eigenvalue weighted by Gasteiger charge is 2.18. The number of hydrogen-bond acceptors (Lipinski definition) is 3. The van der Waals surface area contributed by atoms with E-state index in [4.69, 9.17) is 0 Å². The Balaban J connectivity index is 3.79. The number of hydrogen-bond donors (Lipinski definition) is 3. The Kier molecular flexibility index (Phi) is 4.91. The van der Waals surface area contributed by atoms with E-state index in [1.54, 1.807) is 0 Å². The average Bonchev–Trinajstić information content (AvgIpc) is 2.00. The Labute approximate surface area is 72.8 Å². The summed E-state index contributed by atoms with van der Waals surface area (Å²) in [4.78, 5) is 3.40. The predicted octanol–water partition coefficient (Wildman–Crippen LogP) is -1.21. The molecule has 0 heterocycles. The maximum atomic E-state index is 3.40. The van der Waals surface area contributed by atoms with Gasteiger partial charge in [0.25, 0.3) is 0 Å². The lowest BCUT2D eigenvalue weighted by Gasteiger charge is -2.29. The molecule has 0 aliphatic carbocycles. The largest absolute Gasteiger partial charge is 0.340 e. The van der Waals surface area contributed by atoms with E-state index in [1.807, 2.05) is 14.1 Å². The van der Waals surface area contributed by atoms with Crippen molar-refractivity contribution >= 4 is 10.4 Å². The first-order chi connectivity index (χ1) is 5.05. The van der Waals surface area contributed by atoms with E-state index in [2.05, 4.69) is 29.5 Å². The van der Waals surface area contributed by atoms with E-state index in [-0.39, 0.29) is 5.54 Å². The molecule has 0 radical (unpaired) electrons. The summed E-state index contributed by atoms with van der Waals surface area (Å²) in [6.45, 7) is 4.45. The van der Waals surface area contributed by atoms with Crippen molar-refractivity contribution in [2.45, 2.75) is 32.0 Å². The highest BCUT2D eigenvalue weighted by Crippen LogP contribution is 2.08. The molecule has 0 aliphatic rings. The Morgan fingerprint density at radius 2 is 1.73 bits per heavy atom. The highest BCUT2D eigenvalue weighted by molar-refractivity contribution is 6.04. The molecular weight excluding hydrogens is 154 g/mol. The van der Waals surface area contributed by atoms with Crippen LogP contribution in [0.25, 0.3) is 0 Å². The van der Waals surface area contributed by atoms with Crippen molar-refractivity contribution in [1.82, 2.24) is 15.6 Å². The Bertz CT molecular complexity index is 102. The van der Waals surface area contributed by atoms with E-state index in [0.29, 0.717) is 6.17 Å². The standard InChI is InChI=1S/C7H21N3Si/c1-7(2,10-11)5-6(8-3)9-4/h6,8-10H,5H2,1-4,11H3. The number of nitrogens with one attached hydrogen (secondary N) is 3. The van der Waals surface area contributed by atoms with Crippen molar-refractivity contribution < 1.29 is 0 Å². The van der Waals surface area contributed by atoms with Crippen LogP contribution in [0.4, 0.5) is 0 Å². The van der Waals surface area contributed by atoms with Crippen LogP contribution in [0.5, 0.6) is 0 Å². The molecular formula is C7H21N3Si. The van der Waals surface area contributed by atoms with E-state index in [1.165, 1.54) is 0 Å². The van der Waals surface area contributed by atoms with Gasteiger partial charge in [-0.25, -0.2) is 0 Å². The number of rotatable bonds is 5. The molecule has 0 unspecified atom stereocenters. The summed E-state index contributed by atoms with van der Waals surface area (Å²) in [5.74, 6) is 0. The lowest BCUT2D eigenvalue weighted by molar-refractivity contribution is 0.338. The van der Waals surface area contributed by atoms with Gasteiger partial charge in [0.15, 0.2) is 0 Å². The van der Waals surface area contributed by atoms with Crippen LogP contribution >= 0.6 is 0 Å². The van der Waals surface area contributed by atoms with Crippen LogP contribution < -0.4 is 15.6 Å². The summed E-state index contributed by atoms with van der Waals surface area (Å²) in [5, 5.41) is 6.41. The summed E-state index contributed by atoms with van der Waals surface area (Å²) < 4.78 is 0. The van der Waals surface area contributed by atoms with Crippen molar-refractivity contribution in [3.8, 4) is 0 Å². The van der Waals surface area contributed by atoms with Crippen molar-refractivity contribution in [2.75, 3.05) is 14.1 Å². The van der Waals surface area contributed by atoms with Crippen LogP contribution in [0, 0.1) is 0 Å². The minimum Gasteiger partial charge on any atom is -0.340 e. The molecule has 0 saturated carbocycles. The quantitative estimate of drug-likeness (QED) is 0.362. The highest BCUT2D eigenvalue weighted by atomic mass is 28.2. The van der Waals surface area contributed by atoms with Gasteiger partial charge < -0.3 is 15.6 Å². The normalized spacial score (nSPS) is 12.8. The predicted molar refractivity (Wildman–Crippen MR) is 53.7 cm³/mol. The molecule has 0 rings (SSSR count). The lowest BCUT2D eigenvalue weighted by Crippen LogP contribution is -2.48. The SMILES string of the molecule is CNC(CC(C)(C)N[SiH3])NC. The van der Waals surface area contributed by atoms with E-state index < -0.39 is 0 Å². The fraction of sp³-hybridized carbons (Fsp3) is 1.00. The fourth-order valence-corrected chi connectivity index (χ4v) is 1.16. The van der Waals surface area contributed by atoms with Gasteiger partial charge in [-0.2, -0.15) is 0 Å². The summed E-state index contributed by atoms with van der Waals surface area (Å²) in [5.41, 5.74) is 0.253. The summed E-state index contributed by atoms with van der Waals surface area (Å²) in [6, 6.07) is 0. The van der Waals surface area contributed by atoms with Crippen LogP contribution in [0.3, 0.4) is 0 Å². The molecule has 0 spiro atoms. The maximum Gasteiger partial charge on any atom is 0.0755 e. The van der Waals surface area contributed by atoms with E-state index in [9.17, 15) is 0 Å². The lowest BCUT2D eigenvalue weighted by atomic mass is 10.0. The summed E-state index contributed by atoms with van der Waals surface area (Å²) in [7, 11) is 5.01. The zero-order valence-electron chi connectivity index (χ0n) is 8.28. The summed E-state index contributed by atoms with van der Waals surface area (Å²) in [6.07, 6.45) is 1.51. The van der Waals surface area contributed by atoms with Crippen LogP contribution in [-0.2, 0) is 0 Å². The van der Waals surface area contributed by atoms with Crippen molar-refractivity contribution in [2.24, 2.45) is 0 Å². The molecule has 0 aromatic heterocycles. The van der Waals surface area contributed by atoms with Gasteiger partial charge in [-0.1, -0.05) is 0 Å². The van der Waals surface area contributed by atoms with Crippen LogP contribution in [-0.4, -0.2) is 36.2 Å². The molecule has 0 aliphatic heterocycles. The van der Waals surface area contributed by atoms with E-state index >= 15 is 0 Å². The first-order valence-electron chi connectivity index (χ1n) is 4.09. The van der Waals surface area contributed by atoms with Crippen LogP contribution in [0.15, 0.2) is 0 Å². The van der Waals surface area contributed by atoms with Gasteiger partial charge in [0.2, 0.25) is 0 Å². The van der Waals surface area contributed by atoms with Crippen LogP contribution in [0.2, 0.25) is 0 Å². The molecule has 0 bridgehead atoms. The Hall–Kier alpha value is 0.0969. The topological polar surface area (TPSA) is 36.1 Å². The second-order valence-corrected chi connectivity index (χ2v) is 3.97. The second-order valence-electron chi connectivity index (χ2n) is 3.47. The van der Waals surface area contributed by atoms with Crippen LogP contribution in [0.1, 0.15) is 20.3 Å². The summed E-state index contributed by atoms with van der Waals surface area (Å²) >= 11 is 0. The Morgan fingerprint density at radius 1 is 1.27 bits per heavy atom. The fourth-order valence-electron chi connectivity index (χ4n) is 0.961. The van der Waals surface area contributed by atoms with Gasteiger partial charge in [0.05, 0.1) is 16.6 Å². The van der Waals surface area contributed by atoms with Gasteiger partial charge in [0, 0.05) is 5.54 Å². The maximum absolute atomic E-state index is 3.40. The molecule has 0 saturated heterocycles. The van der Waals surface area contributed by atoms with Crippen molar-refractivity contribution in [3.05, 3.63) is 0 Å². The first-order valence-corrected chi connectivity index (χ1v) is 5.09. The zero-order chi connectivity index (χ0) is 8.91. The average molecular weight is 175 g/mol. The molecule has 3 nitrogen and oxygen atoms in total. The molecule has 0 aromatic rings. The van der Waals surface area contributed by atoms with Gasteiger partial charge in [0.1, 0.15) is 0 Å². The minimum absolute atomic E-state index is 0.253. The van der Waals surface area contributed by atoms with Gasteiger partial charge in [-0.05, 0) is 34.4 Å². The molecule has 0 atom stereocenters. The minimum atomic E-state index is 0.253. The third kappa shape index (κ3) is 4.52. The third-order valence-electron chi connectivity index (χ3n) is 2.09. The third-order valence-corrected chi connectivity index (χ3v) is 3.44. The van der Waals surface area contributed by atoms with Crippen molar-refractivity contribution in [3.63, 3.8) is 0 Å². The zero-order valence-corrected chi connectivity index (χ0v) is 10.3. The first kappa shape index (κ1) is 11.1. The van der Waals surface area contributed by atoms with Crippen molar-refractivity contribution in [1.29, 1.82) is 0 Å². The molecule has 68 valence electrons. The second kappa shape index (κ2) is 4.87.